The van der Waals surface area contributed by atoms with Gasteiger partial charge in [0.1, 0.15) is 18.5 Å². The van der Waals surface area contributed by atoms with Gasteiger partial charge in [0.05, 0.1) is 35.2 Å². The van der Waals surface area contributed by atoms with E-state index in [-0.39, 0.29) is 53.5 Å². The van der Waals surface area contributed by atoms with Gasteiger partial charge in [-0.15, -0.1) is 20.2 Å². The molecule has 2 unspecified atom stereocenters. The Kier molecular flexibility index (Phi) is 9.67. The Morgan fingerprint density at radius 3 is 2.35 bits per heavy atom. The SMILES string of the molecule is CC1=C(C(=O)OCC(C)O[N+](=O)[O-])C(c2cccc([N+](=O)[O-])c2)C(C(=O)OCCCO[N+](=O)[O-])=C(N)N1. The van der Waals surface area contributed by atoms with Crippen molar-refractivity contribution in [1.82, 2.24) is 5.32 Å². The number of carbonyl (C=O) groups excluding carboxylic acids is 2. The maximum Gasteiger partial charge on any atom is 0.338 e. The standard InChI is InChI=1S/C20H23N5O12/c1-11(37-25(32)33)10-35-19(26)15-12(2)22-18(21)17(20(27)34-7-4-8-36-24(30)31)16(15)13-5-3-6-14(9-13)23(28)29/h3,5-6,9,11,16,22H,4,7-8,10,21H2,1-2H3. The van der Waals surface area contributed by atoms with Gasteiger partial charge in [0.15, 0.2) is 0 Å². The highest BCUT2D eigenvalue weighted by Crippen LogP contribution is 2.39. The molecule has 17 nitrogen and oxygen atoms in total. The van der Waals surface area contributed by atoms with Crippen LogP contribution >= 0.6 is 0 Å². The van der Waals surface area contributed by atoms with Crippen molar-refractivity contribution in [3.8, 4) is 0 Å². The normalized spacial score (nSPS) is 15.8. The summed E-state index contributed by atoms with van der Waals surface area (Å²) in [5, 5.41) is 32.7. The lowest BCUT2D eigenvalue weighted by atomic mass is 9.81. The number of allylic oxidation sites excluding steroid dienone is 1. The summed E-state index contributed by atoms with van der Waals surface area (Å²) in [4.78, 5) is 65.9. The third kappa shape index (κ3) is 7.77. The molecule has 0 aliphatic carbocycles. The second-order valence-electron chi connectivity index (χ2n) is 7.56. The van der Waals surface area contributed by atoms with Crippen molar-refractivity contribution < 1.29 is 43.8 Å². The fourth-order valence-electron chi connectivity index (χ4n) is 3.39. The molecule has 200 valence electrons. The molecule has 0 aromatic heterocycles. The number of benzene rings is 1. The molecule has 1 aromatic carbocycles. The second-order valence-corrected chi connectivity index (χ2v) is 7.56. The molecular weight excluding hydrogens is 502 g/mol. The number of non-ortho nitro benzene ring substituents is 1. The molecule has 37 heavy (non-hydrogen) atoms. The van der Waals surface area contributed by atoms with E-state index in [4.69, 9.17) is 15.2 Å². The van der Waals surface area contributed by atoms with Crippen LogP contribution in [0.25, 0.3) is 0 Å². The zero-order valence-corrected chi connectivity index (χ0v) is 19.6. The van der Waals surface area contributed by atoms with Gasteiger partial charge in [-0.1, -0.05) is 12.1 Å². The molecule has 1 heterocycles. The van der Waals surface area contributed by atoms with E-state index in [2.05, 4.69) is 15.0 Å². The van der Waals surface area contributed by atoms with Crippen LogP contribution in [-0.4, -0.2) is 53.0 Å². The average molecular weight is 525 g/mol. The molecule has 0 saturated heterocycles. The van der Waals surface area contributed by atoms with Crippen molar-refractivity contribution >= 4 is 17.6 Å². The van der Waals surface area contributed by atoms with Crippen molar-refractivity contribution in [2.24, 2.45) is 5.73 Å². The van der Waals surface area contributed by atoms with E-state index in [1.807, 2.05) is 0 Å². The minimum atomic E-state index is -1.29. The van der Waals surface area contributed by atoms with Crippen LogP contribution in [0.5, 0.6) is 0 Å². The van der Waals surface area contributed by atoms with Crippen LogP contribution in [-0.2, 0) is 28.7 Å². The number of nitrogens with zero attached hydrogens (tertiary/aromatic N) is 3. The van der Waals surface area contributed by atoms with E-state index in [0.717, 1.165) is 6.07 Å². The number of nitrogens with two attached hydrogens (primary N) is 1. The minimum absolute atomic E-state index is 0.0348. The Hall–Kier alpha value is -4.96. The first-order valence-electron chi connectivity index (χ1n) is 10.6. The highest BCUT2D eigenvalue weighted by Gasteiger charge is 2.39. The molecule has 3 N–H and O–H groups in total. The number of nitro groups is 1. The number of rotatable bonds is 13. The van der Waals surface area contributed by atoms with E-state index in [1.54, 1.807) is 0 Å². The maximum absolute atomic E-state index is 13.1. The predicted octanol–water partition coefficient (Wildman–Crippen LogP) is 1.01. The lowest BCUT2D eigenvalue weighted by molar-refractivity contribution is -0.767. The van der Waals surface area contributed by atoms with Crippen molar-refractivity contribution in [3.63, 3.8) is 0 Å². The summed E-state index contributed by atoms with van der Waals surface area (Å²) >= 11 is 0. The van der Waals surface area contributed by atoms with E-state index in [0.29, 0.717) is 0 Å². The highest BCUT2D eigenvalue weighted by molar-refractivity contribution is 5.99. The molecule has 0 amide bonds. The van der Waals surface area contributed by atoms with Crippen LogP contribution < -0.4 is 11.1 Å². The second kappa shape index (κ2) is 12.7. The Bertz CT molecular complexity index is 1150. The molecule has 1 aliphatic rings. The first-order valence-corrected chi connectivity index (χ1v) is 10.6. The van der Waals surface area contributed by atoms with Crippen molar-refractivity contribution in [2.45, 2.75) is 32.3 Å². The highest BCUT2D eigenvalue weighted by atomic mass is 17.0. The summed E-state index contributed by atoms with van der Waals surface area (Å²) < 4.78 is 10.3. The fraction of sp³-hybridized carbons (Fsp3) is 0.400. The zero-order valence-electron chi connectivity index (χ0n) is 19.6. The van der Waals surface area contributed by atoms with Gasteiger partial charge in [0, 0.05) is 24.3 Å². The number of hydrogen-bond donors (Lipinski definition) is 2. The number of dihydropyridines is 1. The molecule has 0 bridgehead atoms. The third-order valence-electron chi connectivity index (χ3n) is 4.88. The molecule has 0 saturated carbocycles. The topological polar surface area (TPSA) is 239 Å². The zero-order chi connectivity index (χ0) is 27.7. The Morgan fingerprint density at radius 2 is 1.73 bits per heavy atom. The van der Waals surface area contributed by atoms with Crippen LogP contribution in [0.2, 0.25) is 0 Å². The van der Waals surface area contributed by atoms with Gasteiger partial charge in [-0.25, -0.2) is 9.59 Å². The molecule has 1 aromatic rings. The van der Waals surface area contributed by atoms with E-state index in [1.165, 1.54) is 32.0 Å². The van der Waals surface area contributed by atoms with Gasteiger partial charge in [-0.05, 0) is 19.4 Å². The molecule has 2 atom stereocenters. The summed E-state index contributed by atoms with van der Waals surface area (Å²) in [6, 6.07) is 5.11. The first kappa shape index (κ1) is 28.3. The predicted molar refractivity (Wildman–Crippen MR) is 120 cm³/mol. The Morgan fingerprint density at radius 1 is 1.05 bits per heavy atom. The number of esters is 2. The monoisotopic (exact) mass is 525 g/mol. The van der Waals surface area contributed by atoms with Gasteiger partial charge < -0.3 is 30.2 Å². The Labute approximate surface area is 208 Å². The first-order chi connectivity index (χ1) is 17.4. The number of nitrogens with one attached hydrogen (secondary N) is 1. The van der Waals surface area contributed by atoms with Crippen LogP contribution in [0.4, 0.5) is 5.69 Å². The molecule has 1 aliphatic heterocycles. The average Bonchev–Trinajstić information content (AvgIpc) is 2.81. The lowest BCUT2D eigenvalue weighted by Crippen LogP contribution is -2.36. The van der Waals surface area contributed by atoms with Gasteiger partial charge >= 0.3 is 11.9 Å². The van der Waals surface area contributed by atoms with Gasteiger partial charge in [-0.3, -0.25) is 10.1 Å². The summed E-state index contributed by atoms with van der Waals surface area (Å²) in [6.45, 7) is 1.57. The molecule has 17 heteroatoms. The lowest BCUT2D eigenvalue weighted by Gasteiger charge is -2.30. The molecule has 2 rings (SSSR count). The van der Waals surface area contributed by atoms with E-state index < -0.39 is 45.7 Å². The van der Waals surface area contributed by atoms with Crippen molar-refractivity contribution in [1.29, 1.82) is 0 Å². The van der Waals surface area contributed by atoms with Gasteiger partial charge in [0.2, 0.25) is 0 Å². The minimum Gasteiger partial charge on any atom is -0.462 e. The van der Waals surface area contributed by atoms with Crippen LogP contribution in [0.3, 0.4) is 0 Å². The number of carbonyl (C=O) groups is 2. The van der Waals surface area contributed by atoms with Crippen LogP contribution in [0.1, 0.15) is 31.7 Å². The van der Waals surface area contributed by atoms with Crippen molar-refractivity contribution in [2.75, 3.05) is 19.8 Å². The van der Waals surface area contributed by atoms with Crippen molar-refractivity contribution in [3.05, 3.63) is 82.8 Å². The summed E-state index contributed by atoms with van der Waals surface area (Å²) in [5.41, 5.74) is 5.55. The largest absolute Gasteiger partial charge is 0.462 e. The van der Waals surface area contributed by atoms with Crippen LogP contribution in [0, 0.1) is 30.3 Å². The summed E-state index contributed by atoms with van der Waals surface area (Å²) in [7, 11) is 0. The van der Waals surface area contributed by atoms with E-state index >= 15 is 0 Å². The molecule has 0 radical (unpaired) electrons. The summed E-state index contributed by atoms with van der Waals surface area (Å²) in [5.74, 6) is -3.51. The molecular formula is C20H23N5O12. The number of ether oxygens (including phenoxy) is 2. The molecule has 0 spiro atoms. The summed E-state index contributed by atoms with van der Waals surface area (Å²) in [6.07, 6.45) is -1.15. The number of hydrogen-bond acceptors (Lipinski definition) is 14. The Balaban J connectivity index is 2.41. The van der Waals surface area contributed by atoms with Crippen LogP contribution in [0.15, 0.2) is 46.9 Å². The quantitative estimate of drug-likeness (QED) is 0.158. The number of nitro benzene ring substituents is 1. The third-order valence-corrected chi connectivity index (χ3v) is 4.88. The van der Waals surface area contributed by atoms with Gasteiger partial charge in [-0.2, -0.15) is 0 Å². The fourth-order valence-corrected chi connectivity index (χ4v) is 3.39. The smallest absolute Gasteiger partial charge is 0.338 e. The molecule has 0 fully saturated rings. The van der Waals surface area contributed by atoms with E-state index in [9.17, 15) is 39.9 Å². The maximum atomic E-state index is 13.1. The van der Waals surface area contributed by atoms with Gasteiger partial charge in [0.25, 0.3) is 15.9 Å².